The van der Waals surface area contributed by atoms with Crippen LogP contribution in [0.4, 0.5) is 13.2 Å². The van der Waals surface area contributed by atoms with E-state index in [0.717, 1.165) is 6.07 Å². The van der Waals surface area contributed by atoms with Gasteiger partial charge in [-0.2, -0.15) is 13.2 Å². The second-order valence-corrected chi connectivity index (χ2v) is 4.24. The highest BCUT2D eigenvalue weighted by Crippen LogP contribution is 2.33. The van der Waals surface area contributed by atoms with Crippen molar-refractivity contribution >= 4 is 17.4 Å². The number of alkyl halides is 4. The zero-order valence-electron chi connectivity index (χ0n) is 9.44. The maximum Gasteiger partial charge on any atom is 0.416 e. The van der Waals surface area contributed by atoms with E-state index >= 15 is 0 Å². The zero-order chi connectivity index (χ0) is 13.2. The minimum absolute atomic E-state index is 0.0432. The summed E-state index contributed by atoms with van der Waals surface area (Å²) in [4.78, 5) is 11.8. The Morgan fingerprint density at radius 3 is 2.47 bits per heavy atom. The average molecular weight is 265 g/mol. The van der Waals surface area contributed by atoms with Gasteiger partial charge in [0.15, 0.2) is 5.78 Å². The summed E-state index contributed by atoms with van der Waals surface area (Å²) in [5.41, 5.74) is -0.811. The molecule has 0 saturated carbocycles. The molecule has 94 valence electrons. The lowest BCUT2D eigenvalue weighted by Crippen LogP contribution is -2.17. The SMILES string of the molecule is CCC(Cl)C(=O)c1cccc(C(F)(F)F)c1C. The van der Waals surface area contributed by atoms with E-state index < -0.39 is 22.9 Å². The Balaban J connectivity index is 3.24. The summed E-state index contributed by atoms with van der Waals surface area (Å²) in [5, 5.41) is -0.780. The lowest BCUT2D eigenvalue weighted by atomic mass is 9.97. The molecular formula is C12H12ClF3O. The molecule has 0 fully saturated rings. The van der Waals surface area contributed by atoms with Crippen LogP contribution in [0.5, 0.6) is 0 Å². The Kier molecular flexibility index (Phi) is 4.20. The predicted octanol–water partition coefficient (Wildman–Crippen LogP) is 4.21. The lowest BCUT2D eigenvalue weighted by molar-refractivity contribution is -0.138. The molecule has 0 heterocycles. The fourth-order valence-electron chi connectivity index (χ4n) is 1.56. The quantitative estimate of drug-likeness (QED) is 0.590. The second kappa shape index (κ2) is 5.08. The molecule has 1 unspecified atom stereocenters. The highest BCUT2D eigenvalue weighted by Gasteiger charge is 2.34. The summed E-state index contributed by atoms with van der Waals surface area (Å²) >= 11 is 5.76. The number of carbonyl (C=O) groups excluding carboxylic acids is 1. The molecule has 1 aromatic carbocycles. The van der Waals surface area contributed by atoms with Gasteiger partial charge in [0.05, 0.1) is 10.9 Å². The molecule has 1 atom stereocenters. The molecule has 1 aromatic rings. The molecule has 0 aromatic heterocycles. The average Bonchev–Trinajstić information content (AvgIpc) is 2.25. The summed E-state index contributed by atoms with van der Waals surface area (Å²) in [5.74, 6) is -0.460. The number of rotatable bonds is 3. The number of Topliss-reactive ketones (excluding diaryl/α,β-unsaturated/α-hetero) is 1. The Hall–Kier alpha value is -1.03. The van der Waals surface area contributed by atoms with E-state index in [-0.39, 0.29) is 11.1 Å². The van der Waals surface area contributed by atoms with Crippen LogP contribution in [0.2, 0.25) is 0 Å². The maximum absolute atomic E-state index is 12.6. The van der Waals surface area contributed by atoms with Crippen molar-refractivity contribution in [2.75, 3.05) is 0 Å². The molecule has 0 saturated heterocycles. The van der Waals surface area contributed by atoms with E-state index in [0.29, 0.717) is 6.42 Å². The van der Waals surface area contributed by atoms with E-state index in [4.69, 9.17) is 11.6 Å². The molecule has 17 heavy (non-hydrogen) atoms. The third kappa shape index (κ3) is 3.00. The van der Waals surface area contributed by atoms with E-state index in [2.05, 4.69) is 0 Å². The van der Waals surface area contributed by atoms with Crippen molar-refractivity contribution in [3.05, 3.63) is 34.9 Å². The van der Waals surface area contributed by atoms with Crippen LogP contribution in [0.1, 0.15) is 34.8 Å². The Morgan fingerprint density at radius 2 is 2.00 bits per heavy atom. The first-order chi connectivity index (χ1) is 7.79. The van der Waals surface area contributed by atoms with Crippen molar-refractivity contribution in [2.45, 2.75) is 31.8 Å². The van der Waals surface area contributed by atoms with Gasteiger partial charge in [0.1, 0.15) is 0 Å². The van der Waals surface area contributed by atoms with Gasteiger partial charge in [0.25, 0.3) is 0 Å². The minimum atomic E-state index is -4.45. The van der Waals surface area contributed by atoms with Gasteiger partial charge in [-0.05, 0) is 25.0 Å². The van der Waals surface area contributed by atoms with Crippen LogP contribution in [0.25, 0.3) is 0 Å². The summed E-state index contributed by atoms with van der Waals surface area (Å²) < 4.78 is 37.9. The molecule has 0 aliphatic carbocycles. The van der Waals surface area contributed by atoms with Gasteiger partial charge in [0.2, 0.25) is 0 Å². The fraction of sp³-hybridized carbons (Fsp3) is 0.417. The molecule has 0 bridgehead atoms. The maximum atomic E-state index is 12.6. The summed E-state index contributed by atoms with van der Waals surface area (Å²) in [7, 11) is 0. The van der Waals surface area contributed by atoms with Crippen LogP contribution in [0.3, 0.4) is 0 Å². The van der Waals surface area contributed by atoms with Crippen LogP contribution in [0.15, 0.2) is 18.2 Å². The molecule has 0 aliphatic rings. The van der Waals surface area contributed by atoms with Crippen LogP contribution in [0, 0.1) is 6.92 Å². The van der Waals surface area contributed by atoms with Crippen molar-refractivity contribution in [2.24, 2.45) is 0 Å². The van der Waals surface area contributed by atoms with Gasteiger partial charge in [-0.3, -0.25) is 4.79 Å². The predicted molar refractivity (Wildman–Crippen MR) is 60.4 cm³/mol. The monoisotopic (exact) mass is 264 g/mol. The number of carbonyl (C=O) groups is 1. The molecule has 0 N–H and O–H groups in total. The number of halogens is 4. The highest BCUT2D eigenvalue weighted by atomic mass is 35.5. The van der Waals surface area contributed by atoms with Gasteiger partial charge in [-0.25, -0.2) is 0 Å². The molecule has 0 aliphatic heterocycles. The topological polar surface area (TPSA) is 17.1 Å². The summed E-state index contributed by atoms with van der Waals surface area (Å²) in [6.45, 7) is 2.99. The van der Waals surface area contributed by atoms with Gasteiger partial charge in [0, 0.05) is 5.56 Å². The van der Waals surface area contributed by atoms with E-state index in [1.165, 1.54) is 19.1 Å². The summed E-state index contributed by atoms with van der Waals surface area (Å²) in [6, 6.07) is 3.56. The first kappa shape index (κ1) is 14.0. The first-order valence-electron chi connectivity index (χ1n) is 5.14. The normalized spacial score (nSPS) is 13.5. The number of hydrogen-bond donors (Lipinski definition) is 0. The first-order valence-corrected chi connectivity index (χ1v) is 5.57. The number of ketones is 1. The lowest BCUT2D eigenvalue weighted by Gasteiger charge is -2.14. The van der Waals surface area contributed by atoms with Crippen molar-refractivity contribution in [3.63, 3.8) is 0 Å². The van der Waals surface area contributed by atoms with Crippen molar-refractivity contribution < 1.29 is 18.0 Å². The minimum Gasteiger partial charge on any atom is -0.292 e. The van der Waals surface area contributed by atoms with Gasteiger partial charge in [-0.15, -0.1) is 11.6 Å². The van der Waals surface area contributed by atoms with Gasteiger partial charge >= 0.3 is 6.18 Å². The van der Waals surface area contributed by atoms with Gasteiger partial charge < -0.3 is 0 Å². The molecule has 1 nitrogen and oxygen atoms in total. The summed E-state index contributed by atoms with van der Waals surface area (Å²) in [6.07, 6.45) is -4.07. The largest absolute Gasteiger partial charge is 0.416 e. The van der Waals surface area contributed by atoms with E-state index in [1.54, 1.807) is 6.92 Å². The zero-order valence-corrected chi connectivity index (χ0v) is 10.2. The number of hydrogen-bond acceptors (Lipinski definition) is 1. The second-order valence-electron chi connectivity index (χ2n) is 3.72. The molecule has 0 radical (unpaired) electrons. The van der Waals surface area contributed by atoms with Gasteiger partial charge in [-0.1, -0.05) is 19.1 Å². The molecule has 5 heteroatoms. The fourth-order valence-corrected chi connectivity index (χ4v) is 1.68. The third-order valence-corrected chi connectivity index (χ3v) is 3.05. The molecule has 0 spiro atoms. The molecule has 0 amide bonds. The van der Waals surface area contributed by atoms with Crippen LogP contribution in [-0.2, 0) is 6.18 Å². The third-order valence-electron chi connectivity index (χ3n) is 2.55. The highest BCUT2D eigenvalue weighted by molar-refractivity contribution is 6.34. The Bertz CT molecular complexity index is 426. The Labute approximate surface area is 103 Å². The molecule has 1 rings (SSSR count). The van der Waals surface area contributed by atoms with Crippen molar-refractivity contribution in [1.82, 2.24) is 0 Å². The van der Waals surface area contributed by atoms with E-state index in [1.807, 2.05) is 0 Å². The molecular weight excluding hydrogens is 253 g/mol. The van der Waals surface area contributed by atoms with Crippen molar-refractivity contribution in [1.29, 1.82) is 0 Å². The number of benzene rings is 1. The van der Waals surface area contributed by atoms with E-state index in [9.17, 15) is 18.0 Å². The van der Waals surface area contributed by atoms with Crippen LogP contribution < -0.4 is 0 Å². The van der Waals surface area contributed by atoms with Crippen molar-refractivity contribution in [3.8, 4) is 0 Å². The standard InChI is InChI=1S/C12H12ClF3O/c1-3-10(13)11(17)8-5-4-6-9(7(8)2)12(14,15)16/h4-6,10H,3H2,1-2H3. The van der Waals surface area contributed by atoms with Crippen LogP contribution in [-0.4, -0.2) is 11.2 Å². The van der Waals surface area contributed by atoms with Crippen LogP contribution >= 0.6 is 11.6 Å². The Morgan fingerprint density at radius 1 is 1.41 bits per heavy atom. The smallest absolute Gasteiger partial charge is 0.292 e.